The van der Waals surface area contributed by atoms with Gasteiger partial charge in [0.2, 0.25) is 5.89 Å². The molecule has 0 spiro atoms. The summed E-state index contributed by atoms with van der Waals surface area (Å²) in [5.41, 5.74) is 1.22. The van der Waals surface area contributed by atoms with Gasteiger partial charge in [0.15, 0.2) is 5.82 Å². The standard InChI is InChI=1S/C14H14N2O3S/c1-8-4-2-3-5-11(8)20-7-12-15-13(19-16-12)9-6-10(9)14(17)18/h2-5,9-10H,6-7H2,1H3,(H,17,18). The molecule has 0 saturated heterocycles. The number of benzene rings is 1. The third kappa shape index (κ3) is 2.70. The van der Waals surface area contributed by atoms with Gasteiger partial charge < -0.3 is 9.63 Å². The fourth-order valence-electron chi connectivity index (χ4n) is 2.08. The lowest BCUT2D eigenvalue weighted by molar-refractivity contribution is -0.138. The van der Waals surface area contributed by atoms with Crippen LogP contribution in [0.2, 0.25) is 0 Å². The predicted molar refractivity (Wildman–Crippen MR) is 73.5 cm³/mol. The number of hydrogen-bond donors (Lipinski definition) is 1. The molecular weight excluding hydrogens is 276 g/mol. The van der Waals surface area contributed by atoms with Gasteiger partial charge in [-0.2, -0.15) is 4.98 Å². The number of carbonyl (C=O) groups is 1. The van der Waals surface area contributed by atoms with Crippen LogP contribution in [0.3, 0.4) is 0 Å². The molecule has 2 unspecified atom stereocenters. The van der Waals surface area contributed by atoms with Crippen LogP contribution in [-0.2, 0) is 10.5 Å². The highest BCUT2D eigenvalue weighted by atomic mass is 32.2. The summed E-state index contributed by atoms with van der Waals surface area (Å²) in [4.78, 5) is 16.3. The maximum atomic E-state index is 10.8. The van der Waals surface area contributed by atoms with Gasteiger partial charge >= 0.3 is 5.97 Å². The van der Waals surface area contributed by atoms with Crippen molar-refractivity contribution in [3.63, 3.8) is 0 Å². The molecule has 1 aromatic heterocycles. The summed E-state index contributed by atoms with van der Waals surface area (Å²) in [5.74, 6) is 0.453. The van der Waals surface area contributed by atoms with Crippen molar-refractivity contribution in [1.82, 2.24) is 10.1 Å². The third-order valence-corrected chi connectivity index (χ3v) is 4.53. The van der Waals surface area contributed by atoms with Crippen molar-refractivity contribution in [2.45, 2.75) is 29.9 Å². The molecule has 0 aliphatic heterocycles. The van der Waals surface area contributed by atoms with Gasteiger partial charge in [-0.15, -0.1) is 11.8 Å². The molecule has 0 radical (unpaired) electrons. The number of aliphatic carboxylic acids is 1. The molecular formula is C14H14N2O3S. The summed E-state index contributed by atoms with van der Waals surface area (Å²) in [6.07, 6.45) is 0.599. The third-order valence-electron chi connectivity index (χ3n) is 3.36. The molecule has 5 nitrogen and oxygen atoms in total. The monoisotopic (exact) mass is 290 g/mol. The Morgan fingerprint density at radius 2 is 2.30 bits per heavy atom. The van der Waals surface area contributed by atoms with E-state index in [9.17, 15) is 4.79 Å². The van der Waals surface area contributed by atoms with E-state index in [1.54, 1.807) is 11.8 Å². The molecule has 0 bridgehead atoms. The summed E-state index contributed by atoms with van der Waals surface area (Å²) in [6.45, 7) is 2.06. The molecule has 1 fully saturated rings. The second kappa shape index (κ2) is 5.28. The van der Waals surface area contributed by atoms with E-state index < -0.39 is 5.97 Å². The van der Waals surface area contributed by atoms with Crippen molar-refractivity contribution >= 4 is 17.7 Å². The molecule has 104 valence electrons. The lowest BCUT2D eigenvalue weighted by Gasteiger charge is -2.01. The molecule has 2 aromatic rings. The maximum Gasteiger partial charge on any atom is 0.307 e. The minimum atomic E-state index is -0.788. The Labute approximate surface area is 120 Å². The van der Waals surface area contributed by atoms with Gasteiger partial charge in [-0.05, 0) is 25.0 Å². The summed E-state index contributed by atoms with van der Waals surface area (Å²) in [7, 11) is 0. The molecule has 1 N–H and O–H groups in total. The van der Waals surface area contributed by atoms with E-state index in [1.807, 2.05) is 12.1 Å². The van der Waals surface area contributed by atoms with E-state index in [2.05, 4.69) is 29.2 Å². The maximum absolute atomic E-state index is 10.8. The lowest BCUT2D eigenvalue weighted by atomic mass is 10.2. The molecule has 6 heteroatoms. The van der Waals surface area contributed by atoms with Crippen LogP contribution in [0.5, 0.6) is 0 Å². The van der Waals surface area contributed by atoms with Crippen molar-refractivity contribution in [3.8, 4) is 0 Å². The lowest BCUT2D eigenvalue weighted by Crippen LogP contribution is -1.99. The summed E-state index contributed by atoms with van der Waals surface area (Å²) >= 11 is 1.65. The van der Waals surface area contributed by atoms with Crippen LogP contribution < -0.4 is 0 Å². The Morgan fingerprint density at radius 1 is 1.50 bits per heavy atom. The molecule has 1 aliphatic rings. The Kier molecular flexibility index (Phi) is 3.48. The minimum Gasteiger partial charge on any atom is -0.481 e. The number of nitrogens with zero attached hydrogens (tertiary/aromatic N) is 2. The second-order valence-corrected chi connectivity index (χ2v) is 5.91. The molecule has 3 rings (SSSR count). The Bertz CT molecular complexity index is 641. The highest BCUT2D eigenvalue weighted by Crippen LogP contribution is 2.46. The molecule has 1 aliphatic carbocycles. The first kappa shape index (κ1) is 13.2. The fraction of sp³-hybridized carbons (Fsp3) is 0.357. The van der Waals surface area contributed by atoms with Crippen molar-refractivity contribution in [1.29, 1.82) is 0 Å². The highest BCUT2D eigenvalue weighted by Gasteiger charge is 2.48. The number of aryl methyl sites for hydroxylation is 1. The van der Waals surface area contributed by atoms with Gasteiger partial charge in [0.25, 0.3) is 0 Å². The smallest absolute Gasteiger partial charge is 0.307 e. The predicted octanol–water partition coefficient (Wildman–Crippen LogP) is 2.86. The first-order valence-electron chi connectivity index (χ1n) is 6.39. The average molecular weight is 290 g/mol. The zero-order valence-electron chi connectivity index (χ0n) is 10.9. The van der Waals surface area contributed by atoms with Crippen molar-refractivity contribution in [3.05, 3.63) is 41.5 Å². The van der Waals surface area contributed by atoms with Gasteiger partial charge in [-0.3, -0.25) is 4.79 Å². The Morgan fingerprint density at radius 3 is 3.00 bits per heavy atom. The first-order chi connectivity index (χ1) is 9.65. The van der Waals surface area contributed by atoms with Crippen molar-refractivity contribution in [2.75, 3.05) is 0 Å². The van der Waals surface area contributed by atoms with Crippen LogP contribution >= 0.6 is 11.8 Å². The average Bonchev–Trinajstić information content (AvgIpc) is 3.10. The Hall–Kier alpha value is -1.82. The normalized spacial score (nSPS) is 20.9. The van der Waals surface area contributed by atoms with E-state index in [4.69, 9.17) is 9.63 Å². The van der Waals surface area contributed by atoms with Crippen LogP contribution in [0.15, 0.2) is 33.7 Å². The second-order valence-electron chi connectivity index (χ2n) is 4.89. The zero-order chi connectivity index (χ0) is 14.1. The summed E-state index contributed by atoms with van der Waals surface area (Å²) in [6, 6.07) is 8.12. The van der Waals surface area contributed by atoms with Gasteiger partial charge in [-0.25, -0.2) is 0 Å². The largest absolute Gasteiger partial charge is 0.481 e. The first-order valence-corrected chi connectivity index (χ1v) is 7.37. The highest BCUT2D eigenvalue weighted by molar-refractivity contribution is 7.98. The SMILES string of the molecule is Cc1ccccc1SCc1noc(C2CC2C(=O)O)n1. The van der Waals surface area contributed by atoms with E-state index in [-0.39, 0.29) is 11.8 Å². The number of rotatable bonds is 5. The van der Waals surface area contributed by atoms with Crippen molar-refractivity contribution < 1.29 is 14.4 Å². The van der Waals surface area contributed by atoms with E-state index in [0.29, 0.717) is 23.9 Å². The molecule has 1 aromatic carbocycles. The molecule has 1 heterocycles. The number of carboxylic acid groups (broad SMARTS) is 1. The van der Waals surface area contributed by atoms with Gasteiger partial charge in [0.05, 0.1) is 17.6 Å². The molecule has 0 amide bonds. The van der Waals surface area contributed by atoms with E-state index in [0.717, 1.165) is 0 Å². The van der Waals surface area contributed by atoms with Crippen LogP contribution in [0.1, 0.15) is 29.6 Å². The summed E-state index contributed by atoms with van der Waals surface area (Å²) in [5, 5.41) is 12.8. The van der Waals surface area contributed by atoms with Crippen molar-refractivity contribution in [2.24, 2.45) is 5.92 Å². The molecule has 20 heavy (non-hydrogen) atoms. The van der Waals surface area contributed by atoms with Gasteiger partial charge in [-0.1, -0.05) is 23.4 Å². The zero-order valence-corrected chi connectivity index (χ0v) is 11.8. The van der Waals surface area contributed by atoms with E-state index >= 15 is 0 Å². The van der Waals surface area contributed by atoms with Crippen LogP contribution in [0.4, 0.5) is 0 Å². The topological polar surface area (TPSA) is 76.2 Å². The van der Waals surface area contributed by atoms with Crippen LogP contribution in [0.25, 0.3) is 0 Å². The minimum absolute atomic E-state index is 0.0998. The number of aromatic nitrogens is 2. The number of carboxylic acids is 1. The van der Waals surface area contributed by atoms with Crippen LogP contribution in [0, 0.1) is 12.8 Å². The number of thioether (sulfide) groups is 1. The van der Waals surface area contributed by atoms with Gasteiger partial charge in [0.1, 0.15) is 0 Å². The van der Waals surface area contributed by atoms with E-state index in [1.165, 1.54) is 10.5 Å². The molecule has 2 atom stereocenters. The summed E-state index contributed by atoms with van der Waals surface area (Å²) < 4.78 is 5.15. The number of hydrogen-bond acceptors (Lipinski definition) is 5. The van der Waals surface area contributed by atoms with Crippen LogP contribution in [-0.4, -0.2) is 21.2 Å². The van der Waals surface area contributed by atoms with Gasteiger partial charge in [0, 0.05) is 4.90 Å². The fourth-order valence-corrected chi connectivity index (χ4v) is 2.95. The quantitative estimate of drug-likeness (QED) is 0.853. The Balaban J connectivity index is 1.61. The molecule has 1 saturated carbocycles.